The molecule has 1 heterocycles. The molecule has 1 aromatic heterocycles. The lowest BCUT2D eigenvalue weighted by Gasteiger charge is -2.20. The number of aryl methyl sites for hydroxylation is 1. The van der Waals surface area contributed by atoms with Crippen LogP contribution in [0, 0.1) is 6.92 Å². The normalized spacial score (nSPS) is 12.8. The van der Waals surface area contributed by atoms with Crippen LogP contribution < -0.4 is 5.32 Å². The zero-order valence-electron chi connectivity index (χ0n) is 11.4. The van der Waals surface area contributed by atoms with Crippen LogP contribution in [0.2, 0.25) is 0 Å². The highest BCUT2D eigenvalue weighted by atomic mass is 35.5. The smallest absolute Gasteiger partial charge is 0.305 e. The van der Waals surface area contributed by atoms with Gasteiger partial charge in [0.1, 0.15) is 0 Å². The Labute approximate surface area is 127 Å². The molecule has 1 atom stereocenters. The average Bonchev–Trinajstić information content (AvgIpc) is 2.80. The molecule has 21 heavy (non-hydrogen) atoms. The Hall–Kier alpha value is -1.53. The van der Waals surface area contributed by atoms with Crippen LogP contribution in [0.1, 0.15) is 29.3 Å². The Morgan fingerprint density at radius 3 is 2.43 bits per heavy atom. The van der Waals surface area contributed by atoms with Crippen LogP contribution in [0.4, 0.5) is 13.2 Å². The topological polar surface area (TPSA) is 40.7 Å². The number of hydrogen-bond acceptors (Lipinski definition) is 2. The van der Waals surface area contributed by atoms with Crippen molar-refractivity contribution in [1.29, 1.82) is 0 Å². The van der Waals surface area contributed by atoms with E-state index in [1.54, 1.807) is 36.5 Å². The van der Waals surface area contributed by atoms with Crippen LogP contribution in [0.3, 0.4) is 0 Å². The van der Waals surface area contributed by atoms with E-state index in [1.165, 1.54) is 0 Å². The first-order valence-corrected chi connectivity index (χ1v) is 6.29. The number of nitrogens with one attached hydrogen (secondary N) is 2. The molecule has 0 saturated heterocycles. The lowest BCUT2D eigenvalue weighted by Crippen LogP contribution is -2.26. The quantitative estimate of drug-likeness (QED) is 0.877. The maximum absolute atomic E-state index is 12.7. The van der Waals surface area contributed by atoms with Crippen LogP contribution in [0.15, 0.2) is 36.5 Å². The number of alkyl halides is 3. The Morgan fingerprint density at radius 1 is 1.24 bits per heavy atom. The van der Waals surface area contributed by atoms with Crippen molar-refractivity contribution in [3.8, 4) is 0 Å². The zero-order valence-corrected chi connectivity index (χ0v) is 12.3. The van der Waals surface area contributed by atoms with E-state index in [-0.39, 0.29) is 12.4 Å². The fraction of sp³-hybridized carbons (Fsp3) is 0.357. The second-order valence-electron chi connectivity index (χ2n) is 4.68. The molecule has 2 rings (SSSR count). The average molecular weight is 320 g/mol. The molecule has 0 aliphatic carbocycles. The predicted octanol–water partition coefficient (Wildman–Crippen LogP) is 3.92. The van der Waals surface area contributed by atoms with E-state index in [4.69, 9.17) is 0 Å². The van der Waals surface area contributed by atoms with E-state index in [0.717, 1.165) is 11.3 Å². The van der Waals surface area contributed by atoms with Gasteiger partial charge in [-0.05, 0) is 12.5 Å². The summed E-state index contributed by atoms with van der Waals surface area (Å²) in [6.45, 7) is 2.18. The second kappa shape index (κ2) is 7.47. The van der Waals surface area contributed by atoms with Crippen LogP contribution in [0.25, 0.3) is 0 Å². The molecule has 1 aromatic carbocycles. The summed E-state index contributed by atoms with van der Waals surface area (Å²) in [6.07, 6.45) is -3.48. The van der Waals surface area contributed by atoms with Crippen molar-refractivity contribution in [1.82, 2.24) is 15.5 Å². The van der Waals surface area contributed by atoms with Crippen molar-refractivity contribution < 1.29 is 13.2 Å². The summed E-state index contributed by atoms with van der Waals surface area (Å²) < 4.78 is 38.0. The molecule has 3 nitrogen and oxygen atoms in total. The maximum Gasteiger partial charge on any atom is 0.390 e. The lowest BCUT2D eigenvalue weighted by molar-refractivity contribution is -0.140. The number of H-pyrrole nitrogens is 1. The number of aromatic nitrogens is 2. The second-order valence-corrected chi connectivity index (χ2v) is 4.68. The molecule has 0 aliphatic rings. The first-order chi connectivity index (χ1) is 9.46. The van der Waals surface area contributed by atoms with Crippen molar-refractivity contribution in [3.05, 3.63) is 53.3 Å². The van der Waals surface area contributed by atoms with Gasteiger partial charge in [0, 0.05) is 23.8 Å². The molecule has 0 radical (unpaired) electrons. The number of halogens is 4. The summed E-state index contributed by atoms with van der Waals surface area (Å²) in [5.74, 6) is 0. The number of rotatable bonds is 5. The van der Waals surface area contributed by atoms with Crippen LogP contribution in [-0.4, -0.2) is 16.4 Å². The Kier molecular flexibility index (Phi) is 6.23. The van der Waals surface area contributed by atoms with Gasteiger partial charge in [-0.25, -0.2) is 0 Å². The van der Waals surface area contributed by atoms with Crippen LogP contribution >= 0.6 is 12.4 Å². The highest BCUT2D eigenvalue weighted by Gasteiger charge is 2.32. The number of hydrogen-bond donors (Lipinski definition) is 2. The summed E-state index contributed by atoms with van der Waals surface area (Å²) in [7, 11) is 0. The molecule has 116 valence electrons. The lowest BCUT2D eigenvalue weighted by atomic mass is 10.0. The molecular formula is C14H17ClF3N3. The monoisotopic (exact) mass is 319 g/mol. The van der Waals surface area contributed by atoms with E-state index < -0.39 is 18.6 Å². The SMILES string of the molecule is Cc1[nH]ncc1CNC(CC(F)(F)F)c1ccccc1.Cl. The van der Waals surface area contributed by atoms with Gasteiger partial charge in [-0.3, -0.25) is 5.10 Å². The van der Waals surface area contributed by atoms with Crippen molar-refractivity contribution >= 4 is 12.4 Å². The largest absolute Gasteiger partial charge is 0.390 e. The highest BCUT2D eigenvalue weighted by molar-refractivity contribution is 5.85. The fourth-order valence-corrected chi connectivity index (χ4v) is 2.01. The summed E-state index contributed by atoms with van der Waals surface area (Å²) in [5.41, 5.74) is 2.36. The fourth-order valence-electron chi connectivity index (χ4n) is 2.01. The molecule has 0 saturated carbocycles. The maximum atomic E-state index is 12.7. The summed E-state index contributed by atoms with van der Waals surface area (Å²) in [6, 6.07) is 7.91. The first kappa shape index (κ1) is 17.5. The van der Waals surface area contributed by atoms with E-state index in [9.17, 15) is 13.2 Å². The molecule has 0 spiro atoms. The summed E-state index contributed by atoms with van der Waals surface area (Å²) >= 11 is 0. The third-order valence-corrected chi connectivity index (χ3v) is 3.11. The molecule has 7 heteroatoms. The minimum absolute atomic E-state index is 0. The molecule has 2 aromatic rings. The summed E-state index contributed by atoms with van der Waals surface area (Å²) in [5, 5.41) is 9.58. The van der Waals surface area contributed by atoms with Crippen molar-refractivity contribution in [2.45, 2.75) is 32.1 Å². The van der Waals surface area contributed by atoms with E-state index in [2.05, 4.69) is 15.5 Å². The van der Waals surface area contributed by atoms with E-state index >= 15 is 0 Å². The number of aromatic amines is 1. The van der Waals surface area contributed by atoms with Crippen LogP contribution in [-0.2, 0) is 6.54 Å². The third-order valence-electron chi connectivity index (χ3n) is 3.11. The zero-order chi connectivity index (χ0) is 14.6. The summed E-state index contributed by atoms with van der Waals surface area (Å²) in [4.78, 5) is 0. The number of nitrogens with zero attached hydrogens (tertiary/aromatic N) is 1. The molecule has 1 unspecified atom stereocenters. The first-order valence-electron chi connectivity index (χ1n) is 6.29. The molecule has 0 aliphatic heterocycles. The van der Waals surface area contributed by atoms with Gasteiger partial charge in [-0.1, -0.05) is 30.3 Å². The van der Waals surface area contributed by atoms with Gasteiger partial charge in [-0.15, -0.1) is 12.4 Å². The Morgan fingerprint density at radius 2 is 1.90 bits per heavy atom. The van der Waals surface area contributed by atoms with Gasteiger partial charge in [-0.2, -0.15) is 18.3 Å². The van der Waals surface area contributed by atoms with E-state index in [0.29, 0.717) is 12.1 Å². The molecule has 0 fully saturated rings. The Balaban J connectivity index is 0.00000220. The van der Waals surface area contributed by atoms with Gasteiger partial charge >= 0.3 is 6.18 Å². The van der Waals surface area contributed by atoms with Gasteiger partial charge in [0.05, 0.1) is 12.6 Å². The highest BCUT2D eigenvalue weighted by Crippen LogP contribution is 2.29. The molecule has 2 N–H and O–H groups in total. The third kappa shape index (κ3) is 5.40. The molecule has 0 amide bonds. The van der Waals surface area contributed by atoms with Crippen molar-refractivity contribution in [2.24, 2.45) is 0 Å². The van der Waals surface area contributed by atoms with Gasteiger partial charge in [0.15, 0.2) is 0 Å². The van der Waals surface area contributed by atoms with Crippen molar-refractivity contribution in [2.75, 3.05) is 0 Å². The number of benzene rings is 1. The van der Waals surface area contributed by atoms with Gasteiger partial charge < -0.3 is 5.32 Å². The molecular weight excluding hydrogens is 303 g/mol. The predicted molar refractivity (Wildman–Crippen MR) is 77.3 cm³/mol. The standard InChI is InChI=1S/C14H16F3N3.ClH/c1-10-12(9-19-20-10)8-18-13(7-14(15,16)17)11-5-3-2-4-6-11;/h2-6,9,13,18H,7-8H2,1H3,(H,19,20);1H. The van der Waals surface area contributed by atoms with Gasteiger partial charge in [0.2, 0.25) is 0 Å². The van der Waals surface area contributed by atoms with Gasteiger partial charge in [0.25, 0.3) is 0 Å². The Bertz CT molecular complexity index is 540. The minimum atomic E-state index is -4.21. The van der Waals surface area contributed by atoms with Crippen LogP contribution in [0.5, 0.6) is 0 Å². The minimum Gasteiger partial charge on any atom is -0.305 e. The van der Waals surface area contributed by atoms with Crippen molar-refractivity contribution in [3.63, 3.8) is 0 Å². The molecule has 0 bridgehead atoms. The van der Waals surface area contributed by atoms with E-state index in [1.807, 2.05) is 6.92 Å².